The van der Waals surface area contributed by atoms with Crippen molar-refractivity contribution in [1.29, 1.82) is 0 Å². The number of benzene rings is 1. The summed E-state index contributed by atoms with van der Waals surface area (Å²) in [5, 5.41) is 0. The maximum atomic E-state index is 13.2. The van der Waals surface area contributed by atoms with Crippen molar-refractivity contribution in [2.45, 2.75) is 25.3 Å². The second kappa shape index (κ2) is 4.98. The maximum Gasteiger partial charge on any atom is 0.159 e. The van der Waals surface area contributed by atoms with Crippen molar-refractivity contribution in [3.63, 3.8) is 0 Å². The number of halogens is 2. The van der Waals surface area contributed by atoms with Gasteiger partial charge in [-0.2, -0.15) is 0 Å². The summed E-state index contributed by atoms with van der Waals surface area (Å²) in [6.07, 6.45) is 4.77. The molecule has 0 saturated heterocycles. The first-order valence-corrected chi connectivity index (χ1v) is 7.01. The van der Waals surface area contributed by atoms with E-state index in [1.54, 1.807) is 18.3 Å². The van der Waals surface area contributed by atoms with Crippen LogP contribution in [0.25, 0.3) is 11.4 Å². The highest BCUT2D eigenvalue weighted by atomic mass is 79.9. The zero-order valence-corrected chi connectivity index (χ0v) is 11.8. The summed E-state index contributed by atoms with van der Waals surface area (Å²) in [6.45, 7) is 0. The van der Waals surface area contributed by atoms with Gasteiger partial charge in [-0.15, -0.1) is 0 Å². The quantitative estimate of drug-likeness (QED) is 0.876. The van der Waals surface area contributed by atoms with Crippen LogP contribution < -0.4 is 5.73 Å². The summed E-state index contributed by atoms with van der Waals surface area (Å²) in [6, 6.07) is 4.83. The lowest BCUT2D eigenvalue weighted by molar-refractivity contribution is 0.557. The highest BCUT2D eigenvalue weighted by Gasteiger charge is 2.19. The Balaban J connectivity index is 2.04. The van der Waals surface area contributed by atoms with Crippen molar-refractivity contribution in [2.24, 2.45) is 5.73 Å². The average molecular weight is 322 g/mol. The molecule has 0 aliphatic heterocycles. The zero-order valence-electron chi connectivity index (χ0n) is 10.2. The minimum Gasteiger partial charge on any atom is -0.324 e. The Labute approximate surface area is 119 Å². The van der Waals surface area contributed by atoms with Crippen LogP contribution in [0.3, 0.4) is 0 Å². The average Bonchev–Trinajstić information content (AvgIpc) is 2.42. The molecule has 3 rings (SSSR count). The van der Waals surface area contributed by atoms with E-state index in [4.69, 9.17) is 5.73 Å². The minimum absolute atomic E-state index is 0.0396. The lowest BCUT2D eigenvalue weighted by atomic mass is 9.93. The Morgan fingerprint density at radius 3 is 3.00 bits per heavy atom. The van der Waals surface area contributed by atoms with Gasteiger partial charge in [0, 0.05) is 29.1 Å². The van der Waals surface area contributed by atoms with Crippen LogP contribution in [-0.4, -0.2) is 9.97 Å². The molecule has 5 heteroatoms. The van der Waals surface area contributed by atoms with Crippen LogP contribution in [0.15, 0.2) is 28.9 Å². The normalized spacial score (nSPS) is 18.2. The van der Waals surface area contributed by atoms with Crippen molar-refractivity contribution >= 4 is 15.9 Å². The highest BCUT2D eigenvalue weighted by molar-refractivity contribution is 9.10. The van der Waals surface area contributed by atoms with Crippen molar-refractivity contribution in [2.75, 3.05) is 0 Å². The first kappa shape index (κ1) is 12.7. The van der Waals surface area contributed by atoms with Crippen LogP contribution >= 0.6 is 15.9 Å². The van der Waals surface area contributed by atoms with E-state index in [0.29, 0.717) is 10.3 Å². The first-order valence-electron chi connectivity index (χ1n) is 6.22. The van der Waals surface area contributed by atoms with E-state index in [9.17, 15) is 4.39 Å². The standard InChI is InChI=1S/C14H13BrFN3/c15-10-6-8(4-5-11(10)16)14-18-7-9-12(17)2-1-3-13(9)19-14/h4-7,12H,1-3,17H2. The summed E-state index contributed by atoms with van der Waals surface area (Å²) in [5.41, 5.74) is 8.90. The van der Waals surface area contributed by atoms with E-state index >= 15 is 0 Å². The monoisotopic (exact) mass is 321 g/mol. The van der Waals surface area contributed by atoms with Crippen molar-refractivity contribution < 1.29 is 4.39 Å². The fourth-order valence-corrected chi connectivity index (χ4v) is 2.73. The second-order valence-corrected chi connectivity index (χ2v) is 5.58. The van der Waals surface area contributed by atoms with Gasteiger partial charge in [0.15, 0.2) is 5.82 Å². The number of fused-ring (bicyclic) bond motifs is 1. The molecule has 1 atom stereocenters. The predicted molar refractivity (Wildman–Crippen MR) is 75.0 cm³/mol. The first-order chi connectivity index (χ1) is 9.15. The molecule has 1 aliphatic carbocycles. The SMILES string of the molecule is NC1CCCc2nc(-c3ccc(F)c(Br)c3)ncc21. The summed E-state index contributed by atoms with van der Waals surface area (Å²) in [7, 11) is 0. The third-order valence-corrected chi connectivity index (χ3v) is 4.01. The van der Waals surface area contributed by atoms with Gasteiger partial charge in [-0.05, 0) is 53.4 Å². The molecule has 2 N–H and O–H groups in total. The zero-order chi connectivity index (χ0) is 13.4. The predicted octanol–water partition coefficient (Wildman–Crippen LogP) is 3.38. The lowest BCUT2D eigenvalue weighted by Crippen LogP contribution is -2.19. The topological polar surface area (TPSA) is 51.8 Å². The van der Waals surface area contributed by atoms with Gasteiger partial charge in [0.05, 0.1) is 4.47 Å². The minimum atomic E-state index is -0.288. The van der Waals surface area contributed by atoms with Gasteiger partial charge in [-0.3, -0.25) is 0 Å². The number of hydrogen-bond donors (Lipinski definition) is 1. The van der Waals surface area contributed by atoms with Gasteiger partial charge < -0.3 is 5.73 Å². The van der Waals surface area contributed by atoms with Crippen LogP contribution in [0, 0.1) is 5.82 Å². The Morgan fingerprint density at radius 1 is 1.37 bits per heavy atom. The van der Waals surface area contributed by atoms with E-state index in [0.717, 1.165) is 36.1 Å². The Morgan fingerprint density at radius 2 is 2.21 bits per heavy atom. The van der Waals surface area contributed by atoms with Crippen molar-refractivity contribution in [3.05, 3.63) is 45.9 Å². The molecule has 0 spiro atoms. The van der Waals surface area contributed by atoms with Gasteiger partial charge in [-0.25, -0.2) is 14.4 Å². The summed E-state index contributed by atoms with van der Waals surface area (Å²) in [4.78, 5) is 8.92. The smallest absolute Gasteiger partial charge is 0.159 e. The van der Waals surface area contributed by atoms with Gasteiger partial charge >= 0.3 is 0 Å². The molecule has 0 radical (unpaired) electrons. The van der Waals surface area contributed by atoms with Crippen LogP contribution in [0.4, 0.5) is 4.39 Å². The summed E-state index contributed by atoms with van der Waals surface area (Å²) < 4.78 is 13.7. The molecular formula is C14H13BrFN3. The van der Waals surface area contributed by atoms with Gasteiger partial charge in [-0.1, -0.05) is 0 Å². The van der Waals surface area contributed by atoms with Crippen LogP contribution in [0.5, 0.6) is 0 Å². The van der Waals surface area contributed by atoms with Crippen molar-refractivity contribution in [3.8, 4) is 11.4 Å². The van der Waals surface area contributed by atoms with Gasteiger partial charge in [0.2, 0.25) is 0 Å². The number of nitrogens with zero attached hydrogens (tertiary/aromatic N) is 2. The van der Waals surface area contributed by atoms with Crippen LogP contribution in [0.2, 0.25) is 0 Å². The molecule has 0 amide bonds. The fourth-order valence-electron chi connectivity index (χ4n) is 2.36. The van der Waals surface area contributed by atoms with E-state index in [2.05, 4.69) is 25.9 Å². The lowest BCUT2D eigenvalue weighted by Gasteiger charge is -2.21. The Bertz CT molecular complexity index is 630. The van der Waals surface area contributed by atoms with E-state index in [1.165, 1.54) is 6.07 Å². The van der Waals surface area contributed by atoms with E-state index in [1.807, 2.05) is 0 Å². The molecule has 0 saturated carbocycles. The summed E-state index contributed by atoms with van der Waals surface area (Å²) in [5.74, 6) is 0.331. The van der Waals surface area contributed by atoms with Crippen LogP contribution in [-0.2, 0) is 6.42 Å². The molecule has 2 aromatic rings. The molecule has 1 aromatic carbocycles. The van der Waals surface area contributed by atoms with Gasteiger partial charge in [0.1, 0.15) is 5.82 Å². The van der Waals surface area contributed by atoms with Gasteiger partial charge in [0.25, 0.3) is 0 Å². The van der Waals surface area contributed by atoms with Crippen LogP contribution in [0.1, 0.15) is 30.1 Å². The number of nitrogens with two attached hydrogens (primary N) is 1. The third kappa shape index (κ3) is 2.40. The third-order valence-electron chi connectivity index (χ3n) is 3.41. The molecule has 1 aliphatic rings. The molecule has 0 fully saturated rings. The van der Waals surface area contributed by atoms with E-state index < -0.39 is 0 Å². The summed E-state index contributed by atoms with van der Waals surface area (Å²) >= 11 is 3.18. The molecule has 0 bridgehead atoms. The molecule has 1 aromatic heterocycles. The van der Waals surface area contributed by atoms with Crippen molar-refractivity contribution in [1.82, 2.24) is 9.97 Å². The Hall–Kier alpha value is -1.33. The number of aryl methyl sites for hydroxylation is 1. The largest absolute Gasteiger partial charge is 0.324 e. The van der Waals surface area contributed by atoms with E-state index in [-0.39, 0.29) is 11.9 Å². The Kier molecular flexibility index (Phi) is 3.33. The second-order valence-electron chi connectivity index (χ2n) is 4.72. The molecule has 98 valence electrons. The fraction of sp³-hybridized carbons (Fsp3) is 0.286. The number of rotatable bonds is 1. The molecule has 19 heavy (non-hydrogen) atoms. The molecule has 3 nitrogen and oxygen atoms in total. The maximum absolute atomic E-state index is 13.2. The molecular weight excluding hydrogens is 309 g/mol. The highest BCUT2D eigenvalue weighted by Crippen LogP contribution is 2.28. The number of hydrogen-bond acceptors (Lipinski definition) is 3. The number of aromatic nitrogens is 2. The molecule has 1 heterocycles. The molecule has 1 unspecified atom stereocenters.